The third-order valence-corrected chi connectivity index (χ3v) is 7.89. The Labute approximate surface area is 173 Å². The maximum atomic E-state index is 12.2. The summed E-state index contributed by atoms with van der Waals surface area (Å²) in [4.78, 5) is 51.3. The Bertz CT molecular complexity index is 1040. The van der Waals surface area contributed by atoms with Gasteiger partial charge in [0.25, 0.3) is 0 Å². The standard InChI is InChI=1S/C11H20N3O14P3/c1-5-3-14(10(17)13-9(5)12)11(2)8(16)7(15)6(26-11)4-25-30(21,22)28-31(23,24)27-29(18,19)20/h3,6-8,15-16H,4H2,1-2H3,(H,21,22)(H,23,24)(H2,12,13,17)(H2,18,19,20)/t6-,7-,8-,11-/m1/s1. The Hall–Kier alpha value is -1.03. The molecule has 17 nitrogen and oxygen atoms in total. The predicted molar refractivity (Wildman–Crippen MR) is 98.0 cm³/mol. The molecule has 31 heavy (non-hydrogen) atoms. The lowest BCUT2D eigenvalue weighted by Gasteiger charge is -2.30. The maximum Gasteiger partial charge on any atom is 0.490 e. The third kappa shape index (κ3) is 6.27. The zero-order chi connectivity index (χ0) is 24.0. The number of phosphoric acid groups is 3. The van der Waals surface area contributed by atoms with Gasteiger partial charge in [-0.25, -0.2) is 18.5 Å². The van der Waals surface area contributed by atoms with Gasteiger partial charge in [-0.15, -0.1) is 0 Å². The molecular weight excluding hydrogens is 491 g/mol. The van der Waals surface area contributed by atoms with E-state index in [2.05, 4.69) is 18.1 Å². The molecule has 8 N–H and O–H groups in total. The van der Waals surface area contributed by atoms with Crippen LogP contribution in [0.4, 0.5) is 5.82 Å². The molecule has 6 atom stereocenters. The summed E-state index contributed by atoms with van der Waals surface area (Å²) in [6.45, 7) is 1.67. The first-order chi connectivity index (χ1) is 13.9. The zero-order valence-electron chi connectivity index (χ0n) is 15.8. The molecule has 1 aliphatic heterocycles. The molecule has 0 saturated carbocycles. The van der Waals surface area contributed by atoms with Crippen LogP contribution in [0.2, 0.25) is 0 Å². The molecule has 1 aromatic rings. The molecular formula is C11H20N3O14P3. The quantitative estimate of drug-likeness (QED) is 0.191. The van der Waals surface area contributed by atoms with Crippen LogP contribution in [0.15, 0.2) is 11.0 Å². The van der Waals surface area contributed by atoms with Crippen LogP contribution >= 0.6 is 23.5 Å². The molecule has 1 aromatic heterocycles. The zero-order valence-corrected chi connectivity index (χ0v) is 18.5. The topological polar surface area (TPSA) is 270 Å². The van der Waals surface area contributed by atoms with Gasteiger partial charge in [0.1, 0.15) is 24.1 Å². The molecule has 1 fully saturated rings. The minimum atomic E-state index is -5.73. The van der Waals surface area contributed by atoms with E-state index in [0.717, 1.165) is 4.57 Å². The average molecular weight is 511 g/mol. The molecule has 0 radical (unpaired) electrons. The highest BCUT2D eigenvalue weighted by Crippen LogP contribution is 2.66. The number of aromatic nitrogens is 2. The van der Waals surface area contributed by atoms with E-state index < -0.39 is 59.8 Å². The van der Waals surface area contributed by atoms with Crippen LogP contribution in [-0.4, -0.2) is 64.3 Å². The van der Waals surface area contributed by atoms with Gasteiger partial charge in [-0.2, -0.15) is 13.6 Å². The number of phosphoric ester groups is 1. The van der Waals surface area contributed by atoms with Crippen LogP contribution in [0.3, 0.4) is 0 Å². The van der Waals surface area contributed by atoms with E-state index in [1.54, 1.807) is 0 Å². The molecule has 0 aliphatic carbocycles. The highest BCUT2D eigenvalue weighted by molar-refractivity contribution is 7.66. The first kappa shape index (κ1) is 26.2. The molecule has 0 aromatic carbocycles. The van der Waals surface area contributed by atoms with E-state index in [9.17, 15) is 33.6 Å². The lowest BCUT2D eigenvalue weighted by molar-refractivity contribution is -0.136. The molecule has 0 bridgehead atoms. The van der Waals surface area contributed by atoms with E-state index in [0.29, 0.717) is 5.56 Å². The molecule has 0 amide bonds. The fourth-order valence-electron chi connectivity index (χ4n) is 2.65. The highest BCUT2D eigenvalue weighted by Gasteiger charge is 2.54. The molecule has 0 spiro atoms. The molecule has 1 saturated heterocycles. The van der Waals surface area contributed by atoms with Gasteiger partial charge in [-0.1, -0.05) is 0 Å². The molecule has 1 aliphatic rings. The third-order valence-electron chi connectivity index (χ3n) is 4.09. The van der Waals surface area contributed by atoms with Crippen LogP contribution in [0.5, 0.6) is 0 Å². The van der Waals surface area contributed by atoms with Gasteiger partial charge in [-0.3, -0.25) is 9.09 Å². The fourth-order valence-corrected chi connectivity index (χ4v) is 5.68. The summed E-state index contributed by atoms with van der Waals surface area (Å²) in [5, 5.41) is 20.6. The van der Waals surface area contributed by atoms with E-state index in [1.165, 1.54) is 20.0 Å². The van der Waals surface area contributed by atoms with Gasteiger partial charge >= 0.3 is 29.2 Å². The maximum absolute atomic E-state index is 12.2. The van der Waals surface area contributed by atoms with Crippen LogP contribution in [0.25, 0.3) is 0 Å². The second-order valence-electron chi connectivity index (χ2n) is 6.49. The van der Waals surface area contributed by atoms with E-state index in [-0.39, 0.29) is 5.82 Å². The number of nitrogens with zero attached hydrogens (tertiary/aromatic N) is 2. The normalized spacial score (nSPS) is 30.6. The molecule has 2 rings (SSSR count). The van der Waals surface area contributed by atoms with E-state index in [4.69, 9.17) is 25.2 Å². The number of rotatable bonds is 8. The van der Waals surface area contributed by atoms with Crippen LogP contribution in [0.1, 0.15) is 12.5 Å². The minimum Gasteiger partial charge on any atom is -0.387 e. The molecule has 178 valence electrons. The van der Waals surface area contributed by atoms with Gasteiger partial charge in [0.2, 0.25) is 0 Å². The molecule has 2 heterocycles. The van der Waals surface area contributed by atoms with E-state index >= 15 is 0 Å². The number of nitrogen functional groups attached to an aromatic ring is 1. The molecule has 2 unspecified atom stereocenters. The smallest absolute Gasteiger partial charge is 0.387 e. The van der Waals surface area contributed by atoms with Crippen molar-refractivity contribution in [3.05, 3.63) is 22.2 Å². The SMILES string of the molecule is Cc1cn([C@]2(C)O[C@H](COP(=O)(O)OP(=O)(O)OP(=O)(O)O)[C@@H](O)[C@H]2O)c(=O)nc1N. The van der Waals surface area contributed by atoms with Crippen LogP contribution in [-0.2, 0) is 37.3 Å². The van der Waals surface area contributed by atoms with Gasteiger partial charge < -0.3 is 40.3 Å². The lowest BCUT2D eigenvalue weighted by Crippen LogP contribution is -2.48. The van der Waals surface area contributed by atoms with Gasteiger partial charge in [0, 0.05) is 11.8 Å². The van der Waals surface area contributed by atoms with Crippen molar-refractivity contribution < 1.29 is 61.4 Å². The number of aliphatic hydroxyl groups excluding tert-OH is 2. The monoisotopic (exact) mass is 511 g/mol. The number of aryl methyl sites for hydroxylation is 1. The van der Waals surface area contributed by atoms with Crippen molar-refractivity contribution in [2.75, 3.05) is 12.3 Å². The van der Waals surface area contributed by atoms with Crippen molar-refractivity contribution in [2.24, 2.45) is 0 Å². The van der Waals surface area contributed by atoms with E-state index in [1.807, 2.05) is 0 Å². The van der Waals surface area contributed by atoms with Gasteiger partial charge in [-0.05, 0) is 13.8 Å². The van der Waals surface area contributed by atoms with Gasteiger partial charge in [0.15, 0.2) is 5.72 Å². The predicted octanol–water partition coefficient (Wildman–Crippen LogP) is -1.73. The highest BCUT2D eigenvalue weighted by atomic mass is 31.3. The van der Waals surface area contributed by atoms with Crippen LogP contribution < -0.4 is 11.4 Å². The lowest BCUT2D eigenvalue weighted by atomic mass is 10.0. The number of ether oxygens (including phenoxy) is 1. The van der Waals surface area contributed by atoms with Crippen molar-refractivity contribution in [3.63, 3.8) is 0 Å². The molecule has 20 heteroatoms. The largest absolute Gasteiger partial charge is 0.490 e. The van der Waals surface area contributed by atoms with Crippen molar-refractivity contribution in [2.45, 2.75) is 37.9 Å². The summed E-state index contributed by atoms with van der Waals surface area (Å²) in [6.07, 6.45) is -3.94. The van der Waals surface area contributed by atoms with Gasteiger partial charge in [0.05, 0.1) is 6.61 Å². The summed E-state index contributed by atoms with van der Waals surface area (Å²) in [5.41, 5.74) is 3.00. The second kappa shape index (κ2) is 8.72. The van der Waals surface area contributed by atoms with Crippen molar-refractivity contribution >= 4 is 29.3 Å². The first-order valence-corrected chi connectivity index (χ1v) is 12.6. The summed E-state index contributed by atoms with van der Waals surface area (Å²) < 4.78 is 51.5. The second-order valence-corrected chi connectivity index (χ2v) is 10.9. The summed E-state index contributed by atoms with van der Waals surface area (Å²) in [7, 11) is -16.8. The number of aliphatic hydroxyl groups is 2. The van der Waals surface area contributed by atoms with Crippen molar-refractivity contribution in [3.8, 4) is 0 Å². The Morgan fingerprint density at radius 1 is 1.19 bits per heavy atom. The van der Waals surface area contributed by atoms with Crippen molar-refractivity contribution in [1.82, 2.24) is 9.55 Å². The Balaban J connectivity index is 2.16. The number of nitrogens with two attached hydrogens (primary N) is 1. The summed E-state index contributed by atoms with van der Waals surface area (Å²) >= 11 is 0. The Morgan fingerprint density at radius 2 is 1.77 bits per heavy atom. The number of hydrogen-bond acceptors (Lipinski definition) is 12. The van der Waals surface area contributed by atoms with Crippen molar-refractivity contribution in [1.29, 1.82) is 0 Å². The number of anilines is 1. The fraction of sp³-hybridized carbons (Fsp3) is 0.636. The minimum absolute atomic E-state index is 0.0814. The summed E-state index contributed by atoms with van der Waals surface area (Å²) in [5.74, 6) is -0.0814. The summed E-state index contributed by atoms with van der Waals surface area (Å²) in [6, 6.07) is 0. The van der Waals surface area contributed by atoms with Crippen LogP contribution in [0, 0.1) is 6.92 Å². The average Bonchev–Trinajstić information content (AvgIpc) is 2.78. The Morgan fingerprint density at radius 3 is 2.32 bits per heavy atom. The first-order valence-electron chi connectivity index (χ1n) is 8.05. The Kier molecular flexibility index (Phi) is 7.38. The number of hydrogen-bond donors (Lipinski definition) is 7.